The van der Waals surface area contributed by atoms with Crippen LogP contribution in [0.4, 0.5) is 0 Å². The van der Waals surface area contributed by atoms with Gasteiger partial charge in [-0.15, -0.1) is 0 Å². The van der Waals surface area contributed by atoms with Crippen LogP contribution in [-0.2, 0) is 9.53 Å². The van der Waals surface area contributed by atoms with Crippen LogP contribution in [0, 0.1) is 6.92 Å². The summed E-state index contributed by atoms with van der Waals surface area (Å²) < 4.78 is 4.56. The lowest BCUT2D eigenvalue weighted by molar-refractivity contribution is -0.140. The maximum atomic E-state index is 10.9. The monoisotopic (exact) mass is 177 g/mol. The molecule has 0 spiro atoms. The Morgan fingerprint density at radius 3 is 2.62 bits per heavy atom. The zero-order valence-electron chi connectivity index (χ0n) is 7.69. The highest BCUT2D eigenvalue weighted by molar-refractivity contribution is 5.70. The molecule has 1 atom stereocenters. The molecule has 0 aromatic heterocycles. The normalized spacial score (nSPS) is 12.2. The number of rotatable bonds is 3. The number of benzene rings is 1. The first-order valence-corrected chi connectivity index (χ1v) is 4.19. The van der Waals surface area contributed by atoms with Crippen LogP contribution in [0.3, 0.4) is 0 Å². The second kappa shape index (κ2) is 4.65. The van der Waals surface area contributed by atoms with Gasteiger partial charge in [0.15, 0.2) is 0 Å². The number of esters is 1. The van der Waals surface area contributed by atoms with Crippen LogP contribution in [-0.4, -0.2) is 13.1 Å². The van der Waals surface area contributed by atoms with Crippen molar-refractivity contribution in [3.63, 3.8) is 0 Å². The Labute approximate surface area is 78.5 Å². The number of carbonyl (C=O) groups excluding carboxylic acids is 1. The van der Waals surface area contributed by atoms with Crippen LogP contribution in [0.15, 0.2) is 30.3 Å². The second-order valence-corrected chi connectivity index (χ2v) is 2.89. The summed E-state index contributed by atoms with van der Waals surface area (Å²) in [4.78, 5) is 10.9. The summed E-state index contributed by atoms with van der Waals surface area (Å²) in [6, 6.07) is 9.73. The molecule has 2 nitrogen and oxygen atoms in total. The summed E-state index contributed by atoms with van der Waals surface area (Å²) in [7, 11) is 1.39. The van der Waals surface area contributed by atoms with Crippen LogP contribution < -0.4 is 0 Å². The molecule has 0 aliphatic heterocycles. The number of hydrogen-bond acceptors (Lipinski definition) is 2. The molecule has 0 aliphatic carbocycles. The Morgan fingerprint density at radius 1 is 1.46 bits per heavy atom. The highest BCUT2D eigenvalue weighted by Gasteiger charge is 2.10. The van der Waals surface area contributed by atoms with Gasteiger partial charge in [0, 0.05) is 0 Å². The van der Waals surface area contributed by atoms with Crippen molar-refractivity contribution < 1.29 is 9.53 Å². The Hall–Kier alpha value is -1.31. The van der Waals surface area contributed by atoms with Crippen LogP contribution in [0.25, 0.3) is 0 Å². The lowest BCUT2D eigenvalue weighted by Gasteiger charge is -2.09. The van der Waals surface area contributed by atoms with Crippen molar-refractivity contribution in [2.24, 2.45) is 0 Å². The summed E-state index contributed by atoms with van der Waals surface area (Å²) in [6.07, 6.45) is 0.334. The van der Waals surface area contributed by atoms with Gasteiger partial charge in [0.25, 0.3) is 0 Å². The summed E-state index contributed by atoms with van der Waals surface area (Å²) in [5.74, 6) is -0.238. The van der Waals surface area contributed by atoms with Crippen molar-refractivity contribution in [3.05, 3.63) is 42.8 Å². The predicted octanol–water partition coefficient (Wildman–Crippen LogP) is 2.17. The largest absolute Gasteiger partial charge is 0.469 e. The number of hydrogen-bond donors (Lipinski definition) is 0. The maximum absolute atomic E-state index is 10.9. The molecule has 0 heterocycles. The molecule has 0 saturated carbocycles. The number of ether oxygens (including phenoxy) is 1. The van der Waals surface area contributed by atoms with Crippen molar-refractivity contribution in [3.8, 4) is 0 Å². The molecular weight excluding hydrogens is 164 g/mol. The van der Waals surface area contributed by atoms with Gasteiger partial charge in [-0.3, -0.25) is 4.79 Å². The van der Waals surface area contributed by atoms with Gasteiger partial charge in [0.1, 0.15) is 0 Å². The van der Waals surface area contributed by atoms with Crippen molar-refractivity contribution in [1.29, 1.82) is 0 Å². The molecule has 1 radical (unpaired) electrons. The minimum atomic E-state index is -0.219. The average molecular weight is 177 g/mol. The summed E-state index contributed by atoms with van der Waals surface area (Å²) in [5, 5.41) is 0. The molecule has 0 fully saturated rings. The van der Waals surface area contributed by atoms with Crippen LogP contribution in [0.2, 0.25) is 0 Å². The molecule has 1 aromatic carbocycles. The quantitative estimate of drug-likeness (QED) is 0.661. The van der Waals surface area contributed by atoms with Gasteiger partial charge in [-0.05, 0) is 18.4 Å². The molecule has 0 N–H and O–H groups in total. The molecule has 2 heteroatoms. The smallest absolute Gasteiger partial charge is 0.306 e. The minimum Gasteiger partial charge on any atom is -0.469 e. The second-order valence-electron chi connectivity index (χ2n) is 2.89. The van der Waals surface area contributed by atoms with E-state index in [4.69, 9.17) is 0 Å². The number of methoxy groups -OCH3 is 1. The Balaban J connectivity index is 2.59. The lowest BCUT2D eigenvalue weighted by Crippen LogP contribution is -2.05. The fourth-order valence-corrected chi connectivity index (χ4v) is 1.13. The molecule has 0 aliphatic rings. The van der Waals surface area contributed by atoms with Gasteiger partial charge in [-0.1, -0.05) is 30.3 Å². The van der Waals surface area contributed by atoms with Crippen molar-refractivity contribution in [1.82, 2.24) is 0 Å². The van der Waals surface area contributed by atoms with E-state index in [2.05, 4.69) is 11.7 Å². The van der Waals surface area contributed by atoms with E-state index in [0.29, 0.717) is 6.42 Å². The molecule has 0 bridgehead atoms. The summed E-state index contributed by atoms with van der Waals surface area (Å²) in [5.41, 5.74) is 1.06. The first kappa shape index (κ1) is 9.78. The first-order valence-electron chi connectivity index (χ1n) is 4.19. The Bertz CT molecular complexity index is 267. The van der Waals surface area contributed by atoms with E-state index in [9.17, 15) is 4.79 Å². The third-order valence-corrected chi connectivity index (χ3v) is 1.91. The third kappa shape index (κ3) is 2.90. The molecule has 0 unspecified atom stereocenters. The average Bonchev–Trinajstić information content (AvgIpc) is 2.19. The van der Waals surface area contributed by atoms with E-state index < -0.39 is 0 Å². The molecule has 13 heavy (non-hydrogen) atoms. The highest BCUT2D eigenvalue weighted by atomic mass is 16.5. The zero-order chi connectivity index (χ0) is 9.68. The van der Waals surface area contributed by atoms with E-state index in [1.165, 1.54) is 7.11 Å². The van der Waals surface area contributed by atoms with Gasteiger partial charge in [0.2, 0.25) is 0 Å². The molecule has 0 amide bonds. The third-order valence-electron chi connectivity index (χ3n) is 1.91. The minimum absolute atomic E-state index is 0.0198. The van der Waals surface area contributed by atoms with E-state index in [0.717, 1.165) is 5.56 Å². The molecular formula is C11H13O2. The highest BCUT2D eigenvalue weighted by Crippen LogP contribution is 2.17. The van der Waals surface area contributed by atoms with E-state index >= 15 is 0 Å². The topological polar surface area (TPSA) is 26.3 Å². The maximum Gasteiger partial charge on any atom is 0.306 e. The van der Waals surface area contributed by atoms with Crippen molar-refractivity contribution in [2.45, 2.75) is 12.3 Å². The Morgan fingerprint density at radius 2 is 2.08 bits per heavy atom. The van der Waals surface area contributed by atoms with Crippen LogP contribution in [0.1, 0.15) is 17.9 Å². The Kier molecular flexibility index (Phi) is 3.50. The summed E-state index contributed by atoms with van der Waals surface area (Å²) in [6.45, 7) is 3.90. The lowest BCUT2D eigenvalue weighted by atomic mass is 9.98. The van der Waals surface area contributed by atoms with Gasteiger partial charge in [0.05, 0.1) is 13.5 Å². The van der Waals surface area contributed by atoms with Gasteiger partial charge in [-0.25, -0.2) is 0 Å². The summed E-state index contributed by atoms with van der Waals surface area (Å²) >= 11 is 0. The molecule has 0 saturated heterocycles. The number of carbonyl (C=O) groups is 1. The fraction of sp³-hybridized carbons (Fsp3) is 0.273. The fourth-order valence-electron chi connectivity index (χ4n) is 1.13. The van der Waals surface area contributed by atoms with E-state index in [1.54, 1.807) is 0 Å². The first-order chi connectivity index (χ1) is 6.24. The zero-order valence-corrected chi connectivity index (χ0v) is 7.69. The van der Waals surface area contributed by atoms with Crippen LogP contribution >= 0.6 is 0 Å². The standard InChI is InChI=1S/C11H13O2/c1-9(8-11(12)13-2)10-6-4-3-5-7-10/h3-7,9H,1,8H2,2H3/t9-/m1/s1. The van der Waals surface area contributed by atoms with Gasteiger partial charge in [-0.2, -0.15) is 0 Å². The predicted molar refractivity (Wildman–Crippen MR) is 51.2 cm³/mol. The molecule has 1 rings (SSSR count). The van der Waals surface area contributed by atoms with E-state index in [-0.39, 0.29) is 11.9 Å². The van der Waals surface area contributed by atoms with Crippen LogP contribution in [0.5, 0.6) is 0 Å². The van der Waals surface area contributed by atoms with Gasteiger partial charge >= 0.3 is 5.97 Å². The molecule has 69 valence electrons. The molecule has 1 aromatic rings. The van der Waals surface area contributed by atoms with Crippen molar-refractivity contribution in [2.75, 3.05) is 7.11 Å². The van der Waals surface area contributed by atoms with Crippen molar-refractivity contribution >= 4 is 5.97 Å². The van der Waals surface area contributed by atoms with Gasteiger partial charge < -0.3 is 4.74 Å². The van der Waals surface area contributed by atoms with E-state index in [1.807, 2.05) is 30.3 Å². The SMILES string of the molecule is [CH2][C@H](CC(=O)OC)c1ccccc1.